The normalized spacial score (nSPS) is 11.8. The smallest absolute Gasteiger partial charge is 0.259 e. The van der Waals surface area contributed by atoms with Gasteiger partial charge in [-0.15, -0.1) is 0 Å². The zero-order valence-corrected chi connectivity index (χ0v) is 11.6. The molecule has 102 valence electrons. The quantitative estimate of drug-likeness (QED) is 0.816. The van der Waals surface area contributed by atoms with Crippen LogP contribution in [0.15, 0.2) is 41.0 Å². The van der Waals surface area contributed by atoms with Gasteiger partial charge in [-0.1, -0.05) is 30.3 Å². The number of nitrogens with zero attached hydrogens (tertiary/aromatic N) is 2. The average Bonchev–Trinajstić information content (AvgIpc) is 2.72. The first kappa shape index (κ1) is 14.1. The van der Waals surface area contributed by atoms with Crippen LogP contribution in [0.4, 0.5) is 13.2 Å². The highest BCUT2D eigenvalue weighted by atomic mass is 79.9. The number of benzene rings is 1. The molecule has 1 aromatic heterocycles. The van der Waals surface area contributed by atoms with Gasteiger partial charge in [-0.3, -0.25) is 4.68 Å². The van der Waals surface area contributed by atoms with Crippen LogP contribution in [0, 0.1) is 0 Å². The minimum absolute atomic E-state index is 0.0142. The highest BCUT2D eigenvalue weighted by Crippen LogP contribution is 2.34. The summed E-state index contributed by atoms with van der Waals surface area (Å²) in [7, 11) is 0. The summed E-state index contributed by atoms with van der Waals surface area (Å²) in [5.41, 5.74) is 0.392. The van der Waals surface area contributed by atoms with Crippen LogP contribution in [0.5, 0.6) is 0 Å². The molecule has 1 aromatic carbocycles. The summed E-state index contributed by atoms with van der Waals surface area (Å²) in [5.74, 6) is 0. The predicted octanol–water partition coefficient (Wildman–Crippen LogP) is 4.30. The minimum Gasteiger partial charge on any atom is -0.259 e. The van der Waals surface area contributed by atoms with Crippen molar-refractivity contribution in [1.82, 2.24) is 9.78 Å². The van der Waals surface area contributed by atoms with E-state index >= 15 is 0 Å². The van der Waals surface area contributed by atoms with Crippen molar-refractivity contribution in [3.8, 4) is 0 Å². The number of hydrogen-bond donors (Lipinski definition) is 0. The lowest BCUT2D eigenvalue weighted by Gasteiger charge is -2.11. The van der Waals surface area contributed by atoms with Gasteiger partial charge in [-0.25, -0.2) is 0 Å². The van der Waals surface area contributed by atoms with E-state index in [0.717, 1.165) is 16.7 Å². The lowest BCUT2D eigenvalue weighted by atomic mass is 10.1. The Morgan fingerprint density at radius 3 is 2.47 bits per heavy atom. The maximum atomic E-state index is 12.8. The first-order valence-electron chi connectivity index (χ1n) is 5.81. The van der Waals surface area contributed by atoms with E-state index < -0.39 is 11.9 Å². The van der Waals surface area contributed by atoms with Crippen LogP contribution < -0.4 is 0 Å². The Kier molecular flexibility index (Phi) is 4.29. The largest absolute Gasteiger partial charge is 0.434 e. The molecule has 0 unspecified atom stereocenters. The van der Waals surface area contributed by atoms with Gasteiger partial charge in [0.25, 0.3) is 0 Å². The predicted molar refractivity (Wildman–Crippen MR) is 69.7 cm³/mol. The molecule has 0 radical (unpaired) electrons. The SMILES string of the molecule is FC(F)(F)c1c(Br)cnn1CCCc1ccccc1. The van der Waals surface area contributed by atoms with E-state index in [1.807, 2.05) is 30.3 Å². The first-order valence-corrected chi connectivity index (χ1v) is 6.60. The number of aryl methyl sites for hydroxylation is 2. The molecule has 0 fully saturated rings. The second-order valence-electron chi connectivity index (χ2n) is 4.15. The molecule has 2 aromatic rings. The third kappa shape index (κ3) is 3.59. The molecular formula is C13H12BrF3N2. The summed E-state index contributed by atoms with van der Waals surface area (Å²) in [5, 5.41) is 3.76. The molecule has 0 spiro atoms. The molecule has 0 bridgehead atoms. The lowest BCUT2D eigenvalue weighted by molar-refractivity contribution is -0.144. The average molecular weight is 333 g/mol. The van der Waals surface area contributed by atoms with Gasteiger partial charge in [0, 0.05) is 6.54 Å². The molecule has 2 rings (SSSR count). The van der Waals surface area contributed by atoms with Gasteiger partial charge in [0.05, 0.1) is 10.7 Å². The summed E-state index contributed by atoms with van der Waals surface area (Å²) < 4.78 is 39.4. The molecule has 2 nitrogen and oxygen atoms in total. The van der Waals surface area contributed by atoms with Crippen molar-refractivity contribution in [1.29, 1.82) is 0 Å². The molecule has 0 amide bonds. The van der Waals surface area contributed by atoms with Gasteiger partial charge in [0.1, 0.15) is 0 Å². The van der Waals surface area contributed by atoms with Gasteiger partial charge in [-0.2, -0.15) is 18.3 Å². The fourth-order valence-corrected chi connectivity index (χ4v) is 2.41. The van der Waals surface area contributed by atoms with E-state index in [4.69, 9.17) is 0 Å². The van der Waals surface area contributed by atoms with Crippen LogP contribution >= 0.6 is 15.9 Å². The Bertz CT molecular complexity index is 535. The van der Waals surface area contributed by atoms with E-state index in [-0.39, 0.29) is 11.0 Å². The topological polar surface area (TPSA) is 17.8 Å². The van der Waals surface area contributed by atoms with Crippen molar-refractivity contribution in [2.24, 2.45) is 0 Å². The second-order valence-corrected chi connectivity index (χ2v) is 5.01. The monoisotopic (exact) mass is 332 g/mol. The standard InChI is InChI=1S/C13H12BrF3N2/c14-11-9-18-19(12(11)13(15,16)17)8-4-7-10-5-2-1-3-6-10/h1-3,5-6,9H,4,7-8H2. The Balaban J connectivity index is 2.01. The molecule has 0 saturated heterocycles. The molecule has 0 N–H and O–H groups in total. The van der Waals surface area contributed by atoms with E-state index in [1.54, 1.807) is 0 Å². The minimum atomic E-state index is -4.39. The van der Waals surface area contributed by atoms with Gasteiger partial charge in [0.15, 0.2) is 5.69 Å². The maximum absolute atomic E-state index is 12.8. The second kappa shape index (κ2) is 5.77. The van der Waals surface area contributed by atoms with Crippen LogP contribution in [0.2, 0.25) is 0 Å². The highest BCUT2D eigenvalue weighted by molar-refractivity contribution is 9.10. The van der Waals surface area contributed by atoms with E-state index in [2.05, 4.69) is 21.0 Å². The molecule has 0 aliphatic carbocycles. The van der Waals surface area contributed by atoms with Crippen LogP contribution in [0.3, 0.4) is 0 Å². The van der Waals surface area contributed by atoms with Crippen molar-refractivity contribution in [3.05, 3.63) is 52.3 Å². The zero-order valence-electron chi connectivity index (χ0n) is 9.99. The molecule has 0 aliphatic heterocycles. The summed E-state index contributed by atoms with van der Waals surface area (Å²) >= 11 is 2.89. The Labute approximate surface area is 117 Å². The Hall–Kier alpha value is -1.30. The number of alkyl halides is 3. The summed E-state index contributed by atoms with van der Waals surface area (Å²) in [6.45, 7) is 0.245. The van der Waals surface area contributed by atoms with Crippen molar-refractivity contribution in [2.75, 3.05) is 0 Å². The van der Waals surface area contributed by atoms with Crippen molar-refractivity contribution >= 4 is 15.9 Å². The van der Waals surface area contributed by atoms with Gasteiger partial charge >= 0.3 is 6.18 Å². The van der Waals surface area contributed by atoms with Gasteiger partial charge in [0.2, 0.25) is 0 Å². The van der Waals surface area contributed by atoms with Crippen LogP contribution in [-0.2, 0) is 19.1 Å². The van der Waals surface area contributed by atoms with Gasteiger partial charge in [-0.05, 0) is 34.3 Å². The summed E-state index contributed by atoms with van der Waals surface area (Å²) in [6.07, 6.45) is -1.86. The van der Waals surface area contributed by atoms with Crippen LogP contribution in [0.1, 0.15) is 17.7 Å². The van der Waals surface area contributed by atoms with Crippen molar-refractivity contribution in [3.63, 3.8) is 0 Å². The summed E-state index contributed by atoms with van der Waals surface area (Å²) in [4.78, 5) is 0. The van der Waals surface area contributed by atoms with E-state index in [1.165, 1.54) is 6.20 Å². The number of rotatable bonds is 4. The Morgan fingerprint density at radius 1 is 1.16 bits per heavy atom. The molecule has 19 heavy (non-hydrogen) atoms. The van der Waals surface area contributed by atoms with Crippen molar-refractivity contribution in [2.45, 2.75) is 25.6 Å². The first-order chi connectivity index (χ1) is 8.98. The van der Waals surface area contributed by atoms with E-state index in [0.29, 0.717) is 6.42 Å². The number of aromatic nitrogens is 2. The fraction of sp³-hybridized carbons (Fsp3) is 0.308. The molecular weight excluding hydrogens is 321 g/mol. The van der Waals surface area contributed by atoms with Gasteiger partial charge < -0.3 is 0 Å². The molecule has 0 aliphatic rings. The van der Waals surface area contributed by atoms with E-state index in [9.17, 15) is 13.2 Å². The van der Waals surface area contributed by atoms with Crippen molar-refractivity contribution < 1.29 is 13.2 Å². The van der Waals surface area contributed by atoms with Crippen LogP contribution in [0.25, 0.3) is 0 Å². The maximum Gasteiger partial charge on any atom is 0.434 e. The number of halogens is 4. The summed E-state index contributed by atoms with van der Waals surface area (Å²) in [6, 6.07) is 9.67. The molecule has 6 heteroatoms. The Morgan fingerprint density at radius 2 is 1.84 bits per heavy atom. The fourth-order valence-electron chi connectivity index (χ4n) is 1.89. The third-order valence-electron chi connectivity index (χ3n) is 2.74. The molecule has 0 atom stereocenters. The molecule has 1 heterocycles. The highest BCUT2D eigenvalue weighted by Gasteiger charge is 2.37. The zero-order chi connectivity index (χ0) is 13.9. The molecule has 0 saturated carbocycles. The third-order valence-corrected chi connectivity index (χ3v) is 3.32. The number of hydrogen-bond acceptors (Lipinski definition) is 1. The van der Waals surface area contributed by atoms with Crippen LogP contribution in [-0.4, -0.2) is 9.78 Å². The lowest BCUT2D eigenvalue weighted by Crippen LogP contribution is -2.15.